The Labute approximate surface area is 182 Å². The SMILES string of the molecule is CCNC(=NCc1cccc(COC(C)(C)C)c1)NCCCOCC1CCOCC1. The van der Waals surface area contributed by atoms with Gasteiger partial charge in [0.15, 0.2) is 5.96 Å². The van der Waals surface area contributed by atoms with Crippen LogP contribution in [0.5, 0.6) is 0 Å². The van der Waals surface area contributed by atoms with Gasteiger partial charge in [0, 0.05) is 39.5 Å². The van der Waals surface area contributed by atoms with Crippen molar-refractivity contribution in [2.75, 3.05) is 39.5 Å². The second-order valence-corrected chi connectivity index (χ2v) is 8.83. The number of hydrogen-bond acceptors (Lipinski definition) is 4. The van der Waals surface area contributed by atoms with Crippen molar-refractivity contribution in [2.45, 2.75) is 65.7 Å². The van der Waals surface area contributed by atoms with Crippen LogP contribution in [0.25, 0.3) is 0 Å². The van der Waals surface area contributed by atoms with Crippen LogP contribution in [-0.4, -0.2) is 51.1 Å². The summed E-state index contributed by atoms with van der Waals surface area (Å²) in [7, 11) is 0. The van der Waals surface area contributed by atoms with Crippen molar-refractivity contribution < 1.29 is 14.2 Å². The van der Waals surface area contributed by atoms with Crippen LogP contribution in [0.3, 0.4) is 0 Å². The summed E-state index contributed by atoms with van der Waals surface area (Å²) in [5.41, 5.74) is 2.23. The molecule has 30 heavy (non-hydrogen) atoms. The molecule has 0 bridgehead atoms. The Kier molecular flexibility index (Phi) is 11.2. The third kappa shape index (κ3) is 11.0. The Bertz CT molecular complexity index is 622. The van der Waals surface area contributed by atoms with Gasteiger partial charge in [0.1, 0.15) is 0 Å². The van der Waals surface area contributed by atoms with Gasteiger partial charge >= 0.3 is 0 Å². The maximum atomic E-state index is 5.88. The Hall–Kier alpha value is -1.63. The van der Waals surface area contributed by atoms with Crippen molar-refractivity contribution in [1.29, 1.82) is 0 Å². The molecule has 1 fully saturated rings. The molecule has 1 heterocycles. The van der Waals surface area contributed by atoms with Crippen LogP contribution in [0.2, 0.25) is 0 Å². The molecule has 0 unspecified atom stereocenters. The summed E-state index contributed by atoms with van der Waals surface area (Å²) in [6, 6.07) is 8.45. The van der Waals surface area contributed by atoms with Gasteiger partial charge in [0.25, 0.3) is 0 Å². The molecule has 1 aromatic rings. The summed E-state index contributed by atoms with van der Waals surface area (Å²) in [5, 5.41) is 6.72. The highest BCUT2D eigenvalue weighted by molar-refractivity contribution is 5.79. The molecule has 2 rings (SSSR count). The van der Waals surface area contributed by atoms with E-state index in [1.807, 2.05) is 0 Å². The second kappa shape index (κ2) is 13.6. The van der Waals surface area contributed by atoms with Crippen LogP contribution in [0.4, 0.5) is 0 Å². The molecule has 6 heteroatoms. The maximum absolute atomic E-state index is 5.88. The van der Waals surface area contributed by atoms with Crippen LogP contribution in [0.1, 0.15) is 58.1 Å². The zero-order chi connectivity index (χ0) is 21.7. The molecule has 0 amide bonds. The smallest absolute Gasteiger partial charge is 0.191 e. The minimum atomic E-state index is -0.134. The minimum absolute atomic E-state index is 0.134. The lowest BCUT2D eigenvalue weighted by molar-refractivity contribution is -0.0149. The predicted molar refractivity (Wildman–Crippen MR) is 123 cm³/mol. The third-order valence-corrected chi connectivity index (χ3v) is 4.88. The molecule has 170 valence electrons. The Morgan fingerprint density at radius 2 is 1.93 bits per heavy atom. The zero-order valence-electron chi connectivity index (χ0n) is 19.3. The van der Waals surface area contributed by atoms with Gasteiger partial charge in [-0.2, -0.15) is 0 Å². The van der Waals surface area contributed by atoms with Gasteiger partial charge in [-0.3, -0.25) is 0 Å². The van der Waals surface area contributed by atoms with E-state index in [1.54, 1.807) is 0 Å². The summed E-state index contributed by atoms with van der Waals surface area (Å²) >= 11 is 0. The molecule has 1 aliphatic heterocycles. The van der Waals surface area contributed by atoms with E-state index in [0.29, 0.717) is 19.1 Å². The van der Waals surface area contributed by atoms with E-state index in [9.17, 15) is 0 Å². The lowest BCUT2D eigenvalue weighted by Gasteiger charge is -2.21. The first-order chi connectivity index (χ1) is 14.5. The van der Waals surface area contributed by atoms with Crippen LogP contribution < -0.4 is 10.6 Å². The quantitative estimate of drug-likeness (QED) is 0.324. The monoisotopic (exact) mass is 419 g/mol. The van der Waals surface area contributed by atoms with E-state index < -0.39 is 0 Å². The van der Waals surface area contributed by atoms with Gasteiger partial charge in [-0.25, -0.2) is 4.99 Å². The molecular formula is C24H41N3O3. The van der Waals surface area contributed by atoms with Crippen molar-refractivity contribution in [1.82, 2.24) is 10.6 Å². The number of hydrogen-bond donors (Lipinski definition) is 2. The molecule has 1 aliphatic rings. The minimum Gasteiger partial charge on any atom is -0.381 e. The molecule has 0 atom stereocenters. The fourth-order valence-electron chi connectivity index (χ4n) is 3.17. The molecule has 1 aromatic carbocycles. The largest absolute Gasteiger partial charge is 0.381 e. The lowest BCUT2D eigenvalue weighted by Crippen LogP contribution is -2.38. The van der Waals surface area contributed by atoms with Crippen LogP contribution in [-0.2, 0) is 27.4 Å². The van der Waals surface area contributed by atoms with E-state index in [1.165, 1.54) is 11.1 Å². The van der Waals surface area contributed by atoms with Crippen molar-refractivity contribution in [3.05, 3.63) is 35.4 Å². The van der Waals surface area contributed by atoms with Gasteiger partial charge in [0.2, 0.25) is 0 Å². The Morgan fingerprint density at radius 3 is 2.67 bits per heavy atom. The molecule has 0 aromatic heterocycles. The Morgan fingerprint density at radius 1 is 1.17 bits per heavy atom. The van der Waals surface area contributed by atoms with Crippen LogP contribution in [0, 0.1) is 5.92 Å². The Balaban J connectivity index is 1.70. The van der Waals surface area contributed by atoms with Gasteiger partial charge in [0.05, 0.1) is 18.8 Å². The van der Waals surface area contributed by atoms with Crippen LogP contribution in [0.15, 0.2) is 29.3 Å². The molecule has 0 spiro atoms. The third-order valence-electron chi connectivity index (χ3n) is 4.88. The average molecular weight is 420 g/mol. The van der Waals surface area contributed by atoms with Gasteiger partial charge in [-0.05, 0) is 64.0 Å². The predicted octanol–water partition coefficient (Wildman–Crippen LogP) is 3.89. The first kappa shape index (κ1) is 24.6. The highest BCUT2D eigenvalue weighted by atomic mass is 16.5. The fourth-order valence-corrected chi connectivity index (χ4v) is 3.17. The lowest BCUT2D eigenvalue weighted by atomic mass is 10.0. The fraction of sp³-hybridized carbons (Fsp3) is 0.708. The molecular weight excluding hydrogens is 378 g/mol. The van der Waals surface area contributed by atoms with E-state index >= 15 is 0 Å². The van der Waals surface area contributed by atoms with Gasteiger partial charge < -0.3 is 24.8 Å². The number of rotatable bonds is 11. The number of aliphatic imine (C=N–C) groups is 1. The summed E-state index contributed by atoms with van der Waals surface area (Å²) in [5.74, 6) is 1.51. The standard InChI is InChI=1S/C24H41N3O3/c1-5-25-23(26-12-7-13-29-18-20-10-14-28-15-11-20)27-17-21-8-6-9-22(16-21)19-30-24(2,3)4/h6,8-9,16,20H,5,7,10-15,17-19H2,1-4H3,(H2,25,26,27). The van der Waals surface area contributed by atoms with Crippen LogP contribution >= 0.6 is 0 Å². The van der Waals surface area contributed by atoms with E-state index in [4.69, 9.17) is 19.2 Å². The van der Waals surface area contributed by atoms with Crippen molar-refractivity contribution in [3.8, 4) is 0 Å². The number of guanidine groups is 1. The van der Waals surface area contributed by atoms with E-state index in [-0.39, 0.29) is 5.60 Å². The molecule has 0 saturated carbocycles. The summed E-state index contributed by atoms with van der Waals surface area (Å²) in [6.45, 7) is 14.6. The first-order valence-electron chi connectivity index (χ1n) is 11.4. The summed E-state index contributed by atoms with van der Waals surface area (Å²) in [4.78, 5) is 4.72. The first-order valence-corrected chi connectivity index (χ1v) is 11.4. The van der Waals surface area contributed by atoms with E-state index in [2.05, 4.69) is 62.6 Å². The van der Waals surface area contributed by atoms with Crippen molar-refractivity contribution in [2.24, 2.45) is 10.9 Å². The zero-order valence-corrected chi connectivity index (χ0v) is 19.3. The summed E-state index contributed by atoms with van der Waals surface area (Å²) < 4.78 is 17.1. The number of ether oxygens (including phenoxy) is 3. The van der Waals surface area contributed by atoms with Crippen molar-refractivity contribution in [3.63, 3.8) is 0 Å². The topological polar surface area (TPSA) is 64.1 Å². The summed E-state index contributed by atoms with van der Waals surface area (Å²) in [6.07, 6.45) is 3.21. The van der Waals surface area contributed by atoms with E-state index in [0.717, 1.165) is 64.7 Å². The molecule has 0 aliphatic carbocycles. The molecule has 2 N–H and O–H groups in total. The van der Waals surface area contributed by atoms with Gasteiger partial charge in [-0.1, -0.05) is 24.3 Å². The highest BCUT2D eigenvalue weighted by Crippen LogP contribution is 2.15. The molecule has 0 radical (unpaired) electrons. The van der Waals surface area contributed by atoms with Crippen molar-refractivity contribution >= 4 is 5.96 Å². The molecule has 1 saturated heterocycles. The number of benzene rings is 1. The second-order valence-electron chi connectivity index (χ2n) is 8.83. The maximum Gasteiger partial charge on any atom is 0.191 e. The average Bonchev–Trinajstić information content (AvgIpc) is 2.73. The normalized spacial score (nSPS) is 15.9. The highest BCUT2D eigenvalue weighted by Gasteiger charge is 2.13. The number of nitrogens with one attached hydrogen (secondary N) is 2. The number of nitrogens with zero attached hydrogens (tertiary/aromatic N) is 1. The van der Waals surface area contributed by atoms with Gasteiger partial charge in [-0.15, -0.1) is 0 Å². The molecule has 6 nitrogen and oxygen atoms in total.